The van der Waals surface area contributed by atoms with Crippen LogP contribution in [-0.4, -0.2) is 157 Å². The molecule has 71 heavy (non-hydrogen) atoms. The Labute approximate surface area is 413 Å². The molecule has 21 nitrogen and oxygen atoms in total. The zero-order chi connectivity index (χ0) is 50.0. The number of rotatable bonds is 10. The van der Waals surface area contributed by atoms with Crippen LogP contribution in [0.5, 0.6) is 0 Å². The first kappa shape index (κ1) is 49.7. The molecule has 0 bridgehead atoms. The van der Waals surface area contributed by atoms with Gasteiger partial charge in [-0.2, -0.15) is 15.0 Å². The SMILES string of the molecule is C[C@H]1COCCN1c1nc(N2CCOC[C@@H]2C)c2ccc(-c3cccc(NS(C)(=O)=O)c3)[n+]([O-])c2n1.C[C@H]1COCCN1c1nc(N2CCOC[C@@H]2C)c2ccc(-c3cccc(NS(C)(=O)=O)c3)nc2n1. The molecule has 0 saturated carbocycles. The van der Waals surface area contributed by atoms with Crippen molar-refractivity contribution in [2.75, 3.05) is 121 Å². The highest BCUT2D eigenvalue weighted by molar-refractivity contribution is 7.92. The number of anilines is 6. The lowest BCUT2D eigenvalue weighted by Gasteiger charge is -2.37. The second kappa shape index (κ2) is 20.8. The molecule has 2 aromatic carbocycles. The number of ether oxygens (including phenoxy) is 4. The zero-order valence-electron chi connectivity index (χ0n) is 40.7. The topological polar surface area (TPSA) is 234 Å². The van der Waals surface area contributed by atoms with Crippen molar-refractivity contribution >= 4 is 77.0 Å². The Morgan fingerprint density at radius 3 is 1.51 bits per heavy atom. The van der Waals surface area contributed by atoms with E-state index in [1.54, 1.807) is 48.5 Å². The van der Waals surface area contributed by atoms with Crippen molar-refractivity contribution in [2.24, 2.45) is 0 Å². The monoisotopic (exact) mass is 1010 g/mol. The van der Waals surface area contributed by atoms with Crippen molar-refractivity contribution in [3.05, 3.63) is 78.0 Å². The van der Waals surface area contributed by atoms with Gasteiger partial charge in [0.25, 0.3) is 0 Å². The van der Waals surface area contributed by atoms with Crippen LogP contribution in [0.25, 0.3) is 44.6 Å². The van der Waals surface area contributed by atoms with Gasteiger partial charge in [-0.05, 0) is 81.2 Å². The molecule has 4 saturated heterocycles. The first-order valence-electron chi connectivity index (χ1n) is 23.7. The van der Waals surface area contributed by atoms with Gasteiger partial charge in [-0.3, -0.25) is 9.44 Å². The van der Waals surface area contributed by atoms with E-state index in [4.69, 9.17) is 43.9 Å². The smallest absolute Gasteiger partial charge is 0.343 e. The Kier molecular flexibility index (Phi) is 14.6. The molecule has 0 radical (unpaired) electrons. The summed E-state index contributed by atoms with van der Waals surface area (Å²) in [5.74, 6) is 2.68. The predicted octanol–water partition coefficient (Wildman–Crippen LogP) is 4.27. The van der Waals surface area contributed by atoms with E-state index < -0.39 is 20.0 Å². The first-order chi connectivity index (χ1) is 34.0. The molecule has 6 aromatic rings. The van der Waals surface area contributed by atoms with E-state index in [0.29, 0.717) is 130 Å². The normalized spacial score (nSPS) is 21.2. The average molecular weight is 1010 g/mol. The number of pyridine rings is 2. The standard InChI is InChI=1S/C24H30N6O5S.C24H30N6O4S/c1-16-14-34-11-9-28(16)22-20-7-8-21(18-5-4-6-19(13-18)27-36(3,32)33)30(31)23(20)26-24(25-22)29-10-12-35-15-17(29)2;1-16-14-33-11-9-29(16)23-20-7-8-21(18-5-4-6-19(13-18)28-35(3,31)32)25-22(20)26-24(27-23)30-10-12-34-15-17(30)2/h4-8,13,16-17,27H,9-12,14-15H2,1-3H3;4-8,13,16-17,28H,9-12,14-15H2,1-3H3/t2*16-,17-/m00/s1. The maximum absolute atomic E-state index is 13.8. The average Bonchev–Trinajstić information content (AvgIpc) is 3.33. The summed E-state index contributed by atoms with van der Waals surface area (Å²) in [4.78, 5) is 33.1. The molecule has 0 amide bonds. The number of aromatic nitrogens is 6. The van der Waals surface area contributed by atoms with E-state index in [9.17, 15) is 22.0 Å². The van der Waals surface area contributed by atoms with Crippen LogP contribution >= 0.6 is 0 Å². The van der Waals surface area contributed by atoms with Crippen LogP contribution in [0, 0.1) is 5.21 Å². The minimum atomic E-state index is -3.45. The fourth-order valence-electron chi connectivity index (χ4n) is 9.18. The molecule has 378 valence electrons. The fourth-order valence-corrected chi connectivity index (χ4v) is 10.3. The zero-order valence-corrected chi connectivity index (χ0v) is 42.3. The van der Waals surface area contributed by atoms with Crippen molar-refractivity contribution in [1.82, 2.24) is 24.9 Å². The Balaban J connectivity index is 0.000000176. The van der Waals surface area contributed by atoms with E-state index in [1.807, 2.05) is 31.2 Å². The van der Waals surface area contributed by atoms with E-state index >= 15 is 0 Å². The van der Waals surface area contributed by atoms with Crippen LogP contribution in [0.3, 0.4) is 0 Å². The Morgan fingerprint density at radius 1 is 0.549 bits per heavy atom. The van der Waals surface area contributed by atoms with Gasteiger partial charge in [0.2, 0.25) is 26.0 Å². The molecule has 0 aliphatic carbocycles. The summed E-state index contributed by atoms with van der Waals surface area (Å²) in [6.07, 6.45) is 2.22. The van der Waals surface area contributed by atoms with Crippen LogP contribution in [0.1, 0.15) is 27.7 Å². The van der Waals surface area contributed by atoms with Gasteiger partial charge in [-0.25, -0.2) is 26.5 Å². The van der Waals surface area contributed by atoms with Gasteiger partial charge < -0.3 is 43.8 Å². The highest BCUT2D eigenvalue weighted by Crippen LogP contribution is 2.34. The number of hydrogen-bond donors (Lipinski definition) is 2. The maximum atomic E-state index is 13.8. The van der Waals surface area contributed by atoms with Crippen molar-refractivity contribution in [1.29, 1.82) is 0 Å². The molecule has 4 aliphatic heterocycles. The van der Waals surface area contributed by atoms with Crippen LogP contribution < -0.4 is 33.8 Å². The van der Waals surface area contributed by atoms with Gasteiger partial charge in [0.15, 0.2) is 11.5 Å². The van der Waals surface area contributed by atoms with Gasteiger partial charge in [-0.15, -0.1) is 0 Å². The minimum absolute atomic E-state index is 0.0631. The lowest BCUT2D eigenvalue weighted by atomic mass is 10.1. The number of morpholine rings is 4. The van der Waals surface area contributed by atoms with E-state index in [2.05, 4.69) is 49.8 Å². The number of nitrogens with one attached hydrogen (secondary N) is 2. The molecule has 4 atom stereocenters. The third kappa shape index (κ3) is 11.4. The molecule has 8 heterocycles. The number of fused-ring (bicyclic) bond motifs is 2. The summed E-state index contributed by atoms with van der Waals surface area (Å²) < 4.78 is 75.0. The molecule has 0 unspecified atom stereocenters. The van der Waals surface area contributed by atoms with E-state index in [-0.39, 0.29) is 29.8 Å². The summed E-state index contributed by atoms with van der Waals surface area (Å²) in [5.41, 5.74) is 4.15. The number of sulfonamides is 2. The van der Waals surface area contributed by atoms with Crippen molar-refractivity contribution < 1.29 is 40.5 Å². The van der Waals surface area contributed by atoms with E-state index in [1.165, 1.54) is 0 Å². The Hall–Kier alpha value is -6.24. The van der Waals surface area contributed by atoms with Crippen LogP contribution in [0.2, 0.25) is 0 Å². The lowest BCUT2D eigenvalue weighted by Crippen LogP contribution is -2.47. The Bertz CT molecular complexity index is 3140. The summed E-state index contributed by atoms with van der Waals surface area (Å²) in [5, 5.41) is 15.3. The maximum Gasteiger partial charge on any atom is 0.343 e. The summed E-state index contributed by atoms with van der Waals surface area (Å²) >= 11 is 0. The quantitative estimate of drug-likeness (QED) is 0.144. The minimum Gasteiger partial charge on any atom is -0.710 e. The molecule has 10 rings (SSSR count). The van der Waals surface area contributed by atoms with Gasteiger partial charge in [-0.1, -0.05) is 24.3 Å². The molecular formula is C48H60N12O9S2. The van der Waals surface area contributed by atoms with Gasteiger partial charge >= 0.3 is 11.6 Å². The summed E-state index contributed by atoms with van der Waals surface area (Å²) in [6, 6.07) is 21.9. The molecule has 4 aliphatic rings. The van der Waals surface area contributed by atoms with Gasteiger partial charge in [0, 0.05) is 48.7 Å². The van der Waals surface area contributed by atoms with Crippen molar-refractivity contribution in [3.8, 4) is 22.5 Å². The number of benzene rings is 2. The second-order valence-corrected chi connectivity index (χ2v) is 21.9. The van der Waals surface area contributed by atoms with Crippen molar-refractivity contribution in [3.63, 3.8) is 0 Å². The highest BCUT2D eigenvalue weighted by Gasteiger charge is 2.32. The Morgan fingerprint density at radius 2 is 1.00 bits per heavy atom. The molecular weight excluding hydrogens is 953 g/mol. The molecule has 23 heteroatoms. The third-order valence-corrected chi connectivity index (χ3v) is 13.9. The molecule has 2 N–H and O–H groups in total. The lowest BCUT2D eigenvalue weighted by molar-refractivity contribution is -0.567. The van der Waals surface area contributed by atoms with Gasteiger partial charge in [0.05, 0.1) is 101 Å². The number of hydrogen-bond acceptors (Lipinski definition) is 18. The van der Waals surface area contributed by atoms with Gasteiger partial charge in [0.1, 0.15) is 16.9 Å². The third-order valence-electron chi connectivity index (χ3n) is 12.7. The summed E-state index contributed by atoms with van der Waals surface area (Å²) in [7, 11) is -6.83. The summed E-state index contributed by atoms with van der Waals surface area (Å²) in [6.45, 7) is 15.9. The second-order valence-electron chi connectivity index (χ2n) is 18.4. The van der Waals surface area contributed by atoms with Crippen molar-refractivity contribution in [2.45, 2.75) is 51.9 Å². The van der Waals surface area contributed by atoms with E-state index in [0.717, 1.165) is 40.6 Å². The molecule has 4 fully saturated rings. The van der Waals surface area contributed by atoms with Crippen LogP contribution in [0.15, 0.2) is 72.8 Å². The largest absolute Gasteiger partial charge is 0.710 e. The van der Waals surface area contributed by atoms with Crippen LogP contribution in [0.4, 0.5) is 34.9 Å². The molecule has 4 aromatic heterocycles. The predicted molar refractivity (Wildman–Crippen MR) is 274 cm³/mol. The number of nitrogens with zero attached hydrogens (tertiary/aromatic N) is 10. The van der Waals surface area contributed by atoms with Crippen LogP contribution in [-0.2, 0) is 39.0 Å². The highest BCUT2D eigenvalue weighted by atomic mass is 32.2. The first-order valence-corrected chi connectivity index (χ1v) is 27.4. The fraction of sp³-hybridized carbons (Fsp3) is 0.458. The molecule has 0 spiro atoms.